The average molecular weight is 645 g/mol. The second kappa shape index (κ2) is 12.8. The zero-order chi connectivity index (χ0) is 32.4. The smallest absolute Gasteiger partial charge is 0.311 e. The molecule has 256 valence electrons. The van der Waals surface area contributed by atoms with Crippen molar-refractivity contribution in [2.75, 3.05) is 6.61 Å². The first-order valence-corrected chi connectivity index (χ1v) is 18.1. The molecule has 16 atom stereocenters. The number of alkyl halides is 1. The van der Waals surface area contributed by atoms with Crippen LogP contribution in [0.2, 0.25) is 0 Å². The molecule has 0 aromatic carbocycles. The molecule has 0 aromatic heterocycles. The molecule has 44 heavy (non-hydrogen) atoms. The van der Waals surface area contributed by atoms with Gasteiger partial charge in [0.1, 0.15) is 18.3 Å². The van der Waals surface area contributed by atoms with Crippen molar-refractivity contribution in [3.05, 3.63) is 0 Å². The second-order valence-corrected chi connectivity index (χ2v) is 17.0. The number of hydrogen-bond acceptors (Lipinski definition) is 8. The Bertz CT molecular complexity index is 998. The van der Waals surface area contributed by atoms with E-state index in [1.807, 2.05) is 0 Å². The minimum atomic E-state index is -2.63. The number of aliphatic hydroxyl groups excluding tert-OH is 4. The van der Waals surface area contributed by atoms with Crippen LogP contribution in [0.1, 0.15) is 112 Å². The number of rotatable bonds is 9. The standard InChI is InChI=1S/C35H61ClO8/c1-7-21(19(2)3)9-8-20(4)24-10-11-25-23-16-28(36)34(41)17-22(12-15-33(34,6)26(23)13-14-32(24,25)5)43-35(42)31(40)30(39)29(38)27(18-37)44-35/h19-31,37-42H,7-18H2,1-6H3/t20-,21-,22+,23+,24-,25+,26+,27-,28+,29-,30+,31-,32-,33-,34-,35?/m1/s1. The van der Waals surface area contributed by atoms with Gasteiger partial charge in [0.25, 0.3) is 0 Å². The van der Waals surface area contributed by atoms with Gasteiger partial charge in [-0.3, -0.25) is 0 Å². The molecule has 5 aliphatic rings. The van der Waals surface area contributed by atoms with Gasteiger partial charge in [0, 0.05) is 11.8 Å². The van der Waals surface area contributed by atoms with Gasteiger partial charge in [-0.15, -0.1) is 11.6 Å². The lowest BCUT2D eigenvalue weighted by atomic mass is 9.43. The van der Waals surface area contributed by atoms with E-state index in [-0.39, 0.29) is 6.42 Å². The zero-order valence-electron chi connectivity index (χ0n) is 27.9. The summed E-state index contributed by atoms with van der Waals surface area (Å²) in [6.07, 6.45) is 3.40. The molecule has 0 amide bonds. The van der Waals surface area contributed by atoms with Gasteiger partial charge in [0.2, 0.25) is 0 Å². The van der Waals surface area contributed by atoms with Gasteiger partial charge in [-0.1, -0.05) is 54.4 Å². The molecule has 0 aromatic rings. The number of hydrogen-bond donors (Lipinski definition) is 6. The second-order valence-electron chi connectivity index (χ2n) is 16.5. The molecular weight excluding hydrogens is 584 g/mol. The van der Waals surface area contributed by atoms with Crippen LogP contribution in [0, 0.1) is 52.3 Å². The van der Waals surface area contributed by atoms with Crippen molar-refractivity contribution in [3.8, 4) is 0 Å². The largest absolute Gasteiger partial charge is 0.394 e. The van der Waals surface area contributed by atoms with E-state index in [1.165, 1.54) is 38.5 Å². The Morgan fingerprint density at radius 2 is 1.64 bits per heavy atom. The van der Waals surface area contributed by atoms with Crippen molar-refractivity contribution in [2.24, 2.45) is 52.3 Å². The van der Waals surface area contributed by atoms with Crippen LogP contribution in [0.3, 0.4) is 0 Å². The third-order valence-electron chi connectivity index (χ3n) is 14.3. The Hall–Kier alpha value is -0.0300. The van der Waals surface area contributed by atoms with Crippen molar-refractivity contribution >= 4 is 11.6 Å². The Kier molecular flexibility index (Phi) is 10.2. The summed E-state index contributed by atoms with van der Waals surface area (Å²) in [6, 6.07) is 0. The predicted octanol–water partition coefficient (Wildman–Crippen LogP) is 4.58. The van der Waals surface area contributed by atoms with Crippen LogP contribution >= 0.6 is 11.6 Å². The first-order valence-electron chi connectivity index (χ1n) is 17.7. The van der Waals surface area contributed by atoms with Crippen LogP contribution in [0.25, 0.3) is 0 Å². The third-order valence-corrected chi connectivity index (χ3v) is 14.8. The van der Waals surface area contributed by atoms with Gasteiger partial charge in [-0.05, 0) is 98.2 Å². The number of ether oxygens (including phenoxy) is 2. The highest BCUT2D eigenvalue weighted by Crippen LogP contribution is 2.70. The summed E-state index contributed by atoms with van der Waals surface area (Å²) in [4.78, 5) is 0. The van der Waals surface area contributed by atoms with Crippen molar-refractivity contribution in [2.45, 2.75) is 160 Å². The van der Waals surface area contributed by atoms with Gasteiger partial charge in [-0.25, -0.2) is 0 Å². The average Bonchev–Trinajstić information content (AvgIpc) is 3.33. The fraction of sp³-hybridized carbons (Fsp3) is 1.00. The molecule has 1 unspecified atom stereocenters. The molecule has 1 aliphatic heterocycles. The summed E-state index contributed by atoms with van der Waals surface area (Å²) in [5.74, 6) is 1.74. The minimum absolute atomic E-state index is 0.164. The SMILES string of the molecule is CC[C@H](CC[C@@H](C)[C@H]1CC[C@H]2[C@@H]3C[C@H](Cl)[C@]4(O)C[C@@H](OC5(O)O[C@H](CO)[C@@H](O)[C@H](O)[C@H]5O)CC[C@]4(C)[C@H]3CC[C@]12C)C(C)C. The molecule has 8 nitrogen and oxygen atoms in total. The number of fused-ring (bicyclic) bond motifs is 5. The van der Waals surface area contributed by atoms with E-state index < -0.39 is 59.5 Å². The van der Waals surface area contributed by atoms with Crippen LogP contribution in [-0.4, -0.2) is 84.7 Å². The third kappa shape index (κ3) is 5.62. The van der Waals surface area contributed by atoms with Crippen molar-refractivity contribution in [3.63, 3.8) is 0 Å². The summed E-state index contributed by atoms with van der Waals surface area (Å²) in [6.45, 7) is 13.6. The van der Waals surface area contributed by atoms with Crippen LogP contribution in [0.4, 0.5) is 0 Å². The van der Waals surface area contributed by atoms with Gasteiger partial charge in [0.05, 0.1) is 23.7 Å². The normalized spacial score (nSPS) is 52.2. The van der Waals surface area contributed by atoms with Gasteiger partial charge >= 0.3 is 5.97 Å². The molecule has 0 radical (unpaired) electrons. The van der Waals surface area contributed by atoms with Gasteiger partial charge in [0.15, 0.2) is 6.10 Å². The highest BCUT2D eigenvalue weighted by molar-refractivity contribution is 6.21. The lowest BCUT2D eigenvalue weighted by Gasteiger charge is -2.65. The fourth-order valence-corrected chi connectivity index (χ4v) is 12.0. The van der Waals surface area contributed by atoms with Crippen LogP contribution in [0.5, 0.6) is 0 Å². The molecule has 4 saturated carbocycles. The van der Waals surface area contributed by atoms with E-state index in [2.05, 4.69) is 41.5 Å². The molecule has 5 rings (SSSR count). The highest BCUT2D eigenvalue weighted by Gasteiger charge is 2.68. The molecule has 1 heterocycles. The maximum atomic E-state index is 12.4. The van der Waals surface area contributed by atoms with E-state index in [0.29, 0.717) is 41.9 Å². The summed E-state index contributed by atoms with van der Waals surface area (Å²) in [5.41, 5.74) is -1.36. The van der Waals surface area contributed by atoms with E-state index in [0.717, 1.165) is 30.6 Å². The molecular formula is C35H61ClO8. The Morgan fingerprint density at radius 3 is 2.27 bits per heavy atom. The van der Waals surface area contributed by atoms with Crippen LogP contribution < -0.4 is 0 Å². The monoisotopic (exact) mass is 644 g/mol. The number of halogens is 1. The molecule has 4 aliphatic carbocycles. The molecule has 0 spiro atoms. The molecule has 1 saturated heterocycles. The van der Waals surface area contributed by atoms with E-state index in [9.17, 15) is 30.6 Å². The molecule has 6 N–H and O–H groups in total. The Labute approximate surface area is 269 Å². The van der Waals surface area contributed by atoms with E-state index in [1.54, 1.807) is 0 Å². The summed E-state index contributed by atoms with van der Waals surface area (Å²) < 4.78 is 11.3. The summed E-state index contributed by atoms with van der Waals surface area (Å²) in [7, 11) is 0. The summed E-state index contributed by atoms with van der Waals surface area (Å²) in [5, 5.41) is 63.6. The lowest BCUT2D eigenvalue weighted by Crippen LogP contribution is -2.70. The van der Waals surface area contributed by atoms with Gasteiger partial charge in [-0.2, -0.15) is 0 Å². The maximum absolute atomic E-state index is 12.4. The van der Waals surface area contributed by atoms with Crippen molar-refractivity contribution < 1.29 is 40.1 Å². The first-order chi connectivity index (χ1) is 20.6. The van der Waals surface area contributed by atoms with Gasteiger partial charge < -0.3 is 40.1 Å². The Balaban J connectivity index is 1.29. The topological polar surface area (TPSA) is 140 Å². The van der Waals surface area contributed by atoms with Crippen LogP contribution in [0.15, 0.2) is 0 Å². The first kappa shape index (κ1) is 35.3. The molecule has 5 fully saturated rings. The quantitative estimate of drug-likeness (QED) is 0.122. The molecule has 9 heteroatoms. The lowest BCUT2D eigenvalue weighted by molar-refractivity contribution is -0.461. The van der Waals surface area contributed by atoms with Crippen molar-refractivity contribution in [1.29, 1.82) is 0 Å². The maximum Gasteiger partial charge on any atom is 0.311 e. The van der Waals surface area contributed by atoms with E-state index >= 15 is 0 Å². The predicted molar refractivity (Wildman–Crippen MR) is 169 cm³/mol. The minimum Gasteiger partial charge on any atom is -0.394 e. The highest BCUT2D eigenvalue weighted by atomic mass is 35.5. The number of aliphatic hydroxyl groups is 6. The zero-order valence-corrected chi connectivity index (χ0v) is 28.6. The van der Waals surface area contributed by atoms with E-state index in [4.69, 9.17) is 21.1 Å². The van der Waals surface area contributed by atoms with Crippen LogP contribution in [-0.2, 0) is 9.47 Å². The fourth-order valence-electron chi connectivity index (χ4n) is 11.4. The Morgan fingerprint density at radius 1 is 0.932 bits per heavy atom. The summed E-state index contributed by atoms with van der Waals surface area (Å²) >= 11 is 7.21. The van der Waals surface area contributed by atoms with Crippen molar-refractivity contribution in [1.82, 2.24) is 0 Å². The molecule has 0 bridgehead atoms.